The van der Waals surface area contributed by atoms with Crippen molar-refractivity contribution in [3.8, 4) is 0 Å². The molecule has 1 fully saturated rings. The van der Waals surface area contributed by atoms with Gasteiger partial charge in [0, 0.05) is 12.6 Å². The fraction of sp³-hybridized carbons (Fsp3) is 0.429. The molecule has 94 valence electrons. The molecular weight excluding hydrogens is 224 g/mol. The number of aryl methyl sites for hydroxylation is 1. The Kier molecular flexibility index (Phi) is 3.11. The SMILES string of the molecule is Cc1nc(CN2CCC2Cc2ccccc2)n[nH]1. The average Bonchev–Trinajstić information content (AvgIpc) is 2.79. The van der Waals surface area contributed by atoms with Crippen LogP contribution < -0.4 is 0 Å². The summed E-state index contributed by atoms with van der Waals surface area (Å²) in [4.78, 5) is 6.82. The highest BCUT2D eigenvalue weighted by Crippen LogP contribution is 2.22. The minimum absolute atomic E-state index is 0.645. The van der Waals surface area contributed by atoms with E-state index in [0.29, 0.717) is 6.04 Å². The molecule has 1 N–H and O–H groups in total. The van der Waals surface area contributed by atoms with E-state index in [9.17, 15) is 0 Å². The molecule has 4 heteroatoms. The molecule has 0 bridgehead atoms. The second-order valence-corrected chi connectivity index (χ2v) is 4.94. The minimum Gasteiger partial charge on any atom is -0.292 e. The van der Waals surface area contributed by atoms with Crippen molar-refractivity contribution in [3.05, 3.63) is 47.5 Å². The maximum Gasteiger partial charge on any atom is 0.164 e. The van der Waals surface area contributed by atoms with E-state index in [0.717, 1.165) is 31.2 Å². The first-order valence-electron chi connectivity index (χ1n) is 6.47. The molecular formula is C14H18N4. The summed E-state index contributed by atoms with van der Waals surface area (Å²) in [5.41, 5.74) is 1.42. The van der Waals surface area contributed by atoms with E-state index in [1.54, 1.807) is 0 Å². The molecule has 3 rings (SSSR count). The van der Waals surface area contributed by atoms with Crippen LogP contribution in [0, 0.1) is 6.92 Å². The Balaban J connectivity index is 1.59. The van der Waals surface area contributed by atoms with Gasteiger partial charge in [0.25, 0.3) is 0 Å². The maximum absolute atomic E-state index is 4.37. The van der Waals surface area contributed by atoms with Gasteiger partial charge in [-0.25, -0.2) is 4.98 Å². The lowest BCUT2D eigenvalue weighted by Crippen LogP contribution is -2.48. The van der Waals surface area contributed by atoms with E-state index in [2.05, 4.69) is 50.4 Å². The smallest absolute Gasteiger partial charge is 0.164 e. The number of H-pyrrole nitrogens is 1. The summed E-state index contributed by atoms with van der Waals surface area (Å²) in [5, 5.41) is 7.10. The van der Waals surface area contributed by atoms with Crippen molar-refractivity contribution in [3.63, 3.8) is 0 Å². The molecule has 0 saturated carbocycles. The molecule has 1 unspecified atom stereocenters. The number of aromatic nitrogens is 3. The fourth-order valence-electron chi connectivity index (χ4n) is 2.46. The highest BCUT2D eigenvalue weighted by molar-refractivity contribution is 5.16. The molecule has 1 saturated heterocycles. The van der Waals surface area contributed by atoms with E-state index in [1.807, 2.05) is 6.92 Å². The predicted octanol–water partition coefficient (Wildman–Crippen LogP) is 1.93. The molecule has 0 aliphatic carbocycles. The van der Waals surface area contributed by atoms with Gasteiger partial charge in [0.1, 0.15) is 5.82 Å². The Morgan fingerprint density at radius 2 is 2.17 bits per heavy atom. The summed E-state index contributed by atoms with van der Waals surface area (Å²) in [6.45, 7) is 3.96. The molecule has 1 aromatic carbocycles. The van der Waals surface area contributed by atoms with Gasteiger partial charge in [-0.3, -0.25) is 10.00 Å². The van der Waals surface area contributed by atoms with E-state index >= 15 is 0 Å². The van der Waals surface area contributed by atoms with Gasteiger partial charge >= 0.3 is 0 Å². The standard InChI is InChI=1S/C14H18N4/c1-11-15-14(17-16-11)10-18-8-7-13(18)9-12-5-3-2-4-6-12/h2-6,13H,7-10H2,1H3,(H,15,16,17). The summed E-state index contributed by atoms with van der Waals surface area (Å²) >= 11 is 0. The number of aromatic amines is 1. The lowest BCUT2D eigenvalue weighted by molar-refractivity contribution is 0.0792. The molecule has 1 atom stereocenters. The van der Waals surface area contributed by atoms with Crippen LogP contribution in [0.15, 0.2) is 30.3 Å². The van der Waals surface area contributed by atoms with Crippen LogP contribution in [-0.2, 0) is 13.0 Å². The van der Waals surface area contributed by atoms with E-state index in [4.69, 9.17) is 0 Å². The summed E-state index contributed by atoms with van der Waals surface area (Å²) in [6.07, 6.45) is 2.41. The highest BCUT2D eigenvalue weighted by atomic mass is 15.3. The summed E-state index contributed by atoms with van der Waals surface area (Å²) in [5.74, 6) is 1.80. The molecule has 2 aromatic rings. The average molecular weight is 242 g/mol. The Labute approximate surface area is 107 Å². The number of hydrogen-bond donors (Lipinski definition) is 1. The van der Waals surface area contributed by atoms with Crippen LogP contribution >= 0.6 is 0 Å². The third-order valence-electron chi connectivity index (χ3n) is 3.57. The van der Waals surface area contributed by atoms with Gasteiger partial charge < -0.3 is 0 Å². The molecule has 0 amide bonds. The number of rotatable bonds is 4. The Hall–Kier alpha value is -1.68. The quantitative estimate of drug-likeness (QED) is 0.891. The van der Waals surface area contributed by atoms with Crippen molar-refractivity contribution in [2.24, 2.45) is 0 Å². The van der Waals surface area contributed by atoms with Gasteiger partial charge in [-0.05, 0) is 25.3 Å². The van der Waals surface area contributed by atoms with Gasteiger partial charge in [-0.15, -0.1) is 0 Å². The molecule has 2 heterocycles. The van der Waals surface area contributed by atoms with Crippen LogP contribution in [0.5, 0.6) is 0 Å². The zero-order valence-electron chi connectivity index (χ0n) is 10.6. The topological polar surface area (TPSA) is 44.8 Å². The number of hydrogen-bond acceptors (Lipinski definition) is 3. The summed E-state index contributed by atoms with van der Waals surface area (Å²) in [7, 11) is 0. The summed E-state index contributed by atoms with van der Waals surface area (Å²) in [6, 6.07) is 11.3. The molecule has 0 radical (unpaired) electrons. The number of nitrogens with one attached hydrogen (secondary N) is 1. The van der Waals surface area contributed by atoms with Gasteiger partial charge in [0.15, 0.2) is 5.82 Å². The third kappa shape index (κ3) is 2.43. The number of likely N-dealkylation sites (tertiary alicyclic amines) is 1. The second kappa shape index (κ2) is 4.90. The third-order valence-corrected chi connectivity index (χ3v) is 3.57. The normalized spacial score (nSPS) is 19.7. The van der Waals surface area contributed by atoms with Crippen LogP contribution in [0.2, 0.25) is 0 Å². The number of nitrogens with zero attached hydrogens (tertiary/aromatic N) is 3. The summed E-state index contributed by atoms with van der Waals surface area (Å²) < 4.78 is 0. The molecule has 1 aliphatic rings. The van der Waals surface area contributed by atoms with Crippen molar-refractivity contribution >= 4 is 0 Å². The van der Waals surface area contributed by atoms with E-state index in [1.165, 1.54) is 12.0 Å². The van der Waals surface area contributed by atoms with Gasteiger partial charge in [-0.1, -0.05) is 30.3 Å². The molecule has 0 spiro atoms. The Bertz CT molecular complexity index is 506. The Morgan fingerprint density at radius 3 is 2.78 bits per heavy atom. The van der Waals surface area contributed by atoms with Crippen molar-refractivity contribution < 1.29 is 0 Å². The predicted molar refractivity (Wildman–Crippen MR) is 70.1 cm³/mol. The van der Waals surface area contributed by atoms with Crippen molar-refractivity contribution in [2.75, 3.05) is 6.54 Å². The fourth-order valence-corrected chi connectivity index (χ4v) is 2.46. The zero-order valence-corrected chi connectivity index (χ0v) is 10.6. The molecule has 1 aromatic heterocycles. The first-order valence-corrected chi connectivity index (χ1v) is 6.47. The number of benzene rings is 1. The van der Waals surface area contributed by atoms with Crippen molar-refractivity contribution in [1.82, 2.24) is 20.1 Å². The van der Waals surface area contributed by atoms with Crippen LogP contribution in [0.1, 0.15) is 23.6 Å². The van der Waals surface area contributed by atoms with Crippen LogP contribution in [-0.4, -0.2) is 32.7 Å². The lowest BCUT2D eigenvalue weighted by Gasteiger charge is -2.40. The van der Waals surface area contributed by atoms with Crippen LogP contribution in [0.25, 0.3) is 0 Å². The Morgan fingerprint density at radius 1 is 1.33 bits per heavy atom. The first-order chi connectivity index (χ1) is 8.81. The van der Waals surface area contributed by atoms with Crippen LogP contribution in [0.3, 0.4) is 0 Å². The van der Waals surface area contributed by atoms with Crippen LogP contribution in [0.4, 0.5) is 0 Å². The van der Waals surface area contributed by atoms with Gasteiger partial charge in [0.05, 0.1) is 6.54 Å². The second-order valence-electron chi connectivity index (χ2n) is 4.94. The zero-order chi connectivity index (χ0) is 12.4. The van der Waals surface area contributed by atoms with Crippen molar-refractivity contribution in [1.29, 1.82) is 0 Å². The molecule has 18 heavy (non-hydrogen) atoms. The van der Waals surface area contributed by atoms with Gasteiger partial charge in [0.2, 0.25) is 0 Å². The monoisotopic (exact) mass is 242 g/mol. The van der Waals surface area contributed by atoms with Crippen molar-refractivity contribution in [2.45, 2.75) is 32.4 Å². The first kappa shape index (κ1) is 11.4. The van der Waals surface area contributed by atoms with Gasteiger partial charge in [-0.2, -0.15) is 5.10 Å². The van der Waals surface area contributed by atoms with E-state index in [-0.39, 0.29) is 0 Å². The van der Waals surface area contributed by atoms with E-state index < -0.39 is 0 Å². The molecule has 4 nitrogen and oxygen atoms in total. The largest absolute Gasteiger partial charge is 0.292 e. The minimum atomic E-state index is 0.645. The highest BCUT2D eigenvalue weighted by Gasteiger charge is 2.28. The lowest BCUT2D eigenvalue weighted by atomic mass is 9.95. The maximum atomic E-state index is 4.37. The molecule has 1 aliphatic heterocycles.